The molecule has 0 spiro atoms. The summed E-state index contributed by atoms with van der Waals surface area (Å²) in [4.78, 5) is 23.0. The molecule has 2 fully saturated rings. The van der Waals surface area contributed by atoms with Crippen LogP contribution in [0.3, 0.4) is 0 Å². The standard InChI is InChI=1S/C31H46N6O3/c1-20-28-24(19-25(32)23-7-5-6-8-27(23)38)29(33)34-26(28)13-18-37(20)22-11-14-35(15-12-22)21-9-16-36(17-10-21)30(39)40-31(2,3)4/h5-8,19-22,34,38H,9-18,32-33H2,1-4H3/b25-19-. The summed E-state index contributed by atoms with van der Waals surface area (Å²) in [6, 6.07) is 8.39. The molecule has 6 N–H and O–H groups in total. The maximum atomic E-state index is 12.5. The maximum Gasteiger partial charge on any atom is 0.410 e. The van der Waals surface area contributed by atoms with Gasteiger partial charge in [-0.15, -0.1) is 0 Å². The first kappa shape index (κ1) is 28.4. The van der Waals surface area contributed by atoms with Gasteiger partial charge in [-0.3, -0.25) is 4.90 Å². The van der Waals surface area contributed by atoms with E-state index in [-0.39, 0.29) is 17.9 Å². The van der Waals surface area contributed by atoms with Crippen LogP contribution in [0.5, 0.6) is 5.75 Å². The van der Waals surface area contributed by atoms with Crippen molar-refractivity contribution in [3.8, 4) is 5.75 Å². The number of phenolic OH excluding ortho intramolecular Hbond substituents is 1. The van der Waals surface area contributed by atoms with E-state index >= 15 is 0 Å². The number of nitrogens with one attached hydrogen (secondary N) is 1. The molecule has 1 atom stereocenters. The number of hydrogen-bond acceptors (Lipinski definition) is 7. The maximum absolute atomic E-state index is 12.5. The van der Waals surface area contributed by atoms with Crippen molar-refractivity contribution in [2.45, 2.75) is 83.5 Å². The number of phenols is 1. The summed E-state index contributed by atoms with van der Waals surface area (Å²) in [6.45, 7) is 12.7. The molecule has 3 aliphatic heterocycles. The molecule has 0 radical (unpaired) electrons. The quantitative estimate of drug-likeness (QED) is 0.441. The van der Waals surface area contributed by atoms with Gasteiger partial charge in [0.15, 0.2) is 0 Å². The van der Waals surface area contributed by atoms with Gasteiger partial charge in [-0.05, 0) is 90.2 Å². The highest BCUT2D eigenvalue weighted by Crippen LogP contribution is 2.39. The number of fused-ring (bicyclic) bond motifs is 1. The van der Waals surface area contributed by atoms with Gasteiger partial charge in [0.1, 0.15) is 17.2 Å². The predicted octanol–water partition coefficient (Wildman–Crippen LogP) is 4.54. The highest BCUT2D eigenvalue weighted by atomic mass is 16.6. The number of para-hydroxylation sites is 1. The van der Waals surface area contributed by atoms with Gasteiger partial charge < -0.3 is 36.1 Å². The second-order valence-corrected chi connectivity index (χ2v) is 12.6. The Balaban J connectivity index is 1.20. The van der Waals surface area contributed by atoms with Crippen LogP contribution in [-0.4, -0.2) is 81.3 Å². The second kappa shape index (κ2) is 11.4. The Hall–Kier alpha value is -3.17. The van der Waals surface area contributed by atoms with E-state index in [1.54, 1.807) is 12.1 Å². The molecular formula is C31H46N6O3. The van der Waals surface area contributed by atoms with Crippen LogP contribution in [-0.2, 0) is 11.2 Å². The molecular weight excluding hydrogens is 504 g/mol. The number of benzene rings is 1. The van der Waals surface area contributed by atoms with E-state index in [4.69, 9.17) is 16.2 Å². The zero-order valence-electron chi connectivity index (χ0n) is 24.4. The number of nitrogens with two attached hydrogens (primary N) is 2. The average molecular weight is 551 g/mol. The van der Waals surface area contributed by atoms with Gasteiger partial charge in [0.25, 0.3) is 0 Å². The van der Waals surface area contributed by atoms with Gasteiger partial charge in [-0.2, -0.15) is 0 Å². The highest BCUT2D eigenvalue weighted by Gasteiger charge is 2.37. The van der Waals surface area contributed by atoms with Crippen LogP contribution in [0.2, 0.25) is 0 Å². The Morgan fingerprint density at radius 3 is 2.35 bits per heavy atom. The van der Waals surface area contributed by atoms with Gasteiger partial charge in [0.2, 0.25) is 0 Å². The lowest BCUT2D eigenvalue weighted by molar-refractivity contribution is 0.00787. The molecule has 5 rings (SSSR count). The number of carbonyl (C=O) groups excluding carboxylic acids is 1. The van der Waals surface area contributed by atoms with Crippen molar-refractivity contribution in [2.24, 2.45) is 5.73 Å². The molecule has 1 amide bonds. The molecule has 218 valence electrons. The number of hydrogen-bond donors (Lipinski definition) is 4. The fourth-order valence-electron chi connectivity index (χ4n) is 6.81. The minimum absolute atomic E-state index is 0.163. The fraction of sp³-hybridized carbons (Fsp3) is 0.581. The molecule has 1 unspecified atom stereocenters. The van der Waals surface area contributed by atoms with Crippen molar-refractivity contribution < 1.29 is 14.6 Å². The van der Waals surface area contributed by atoms with Gasteiger partial charge >= 0.3 is 6.09 Å². The molecule has 40 heavy (non-hydrogen) atoms. The number of nitrogens with zero attached hydrogens (tertiary/aromatic N) is 3. The summed E-state index contributed by atoms with van der Waals surface area (Å²) < 4.78 is 5.57. The second-order valence-electron chi connectivity index (χ2n) is 12.6. The molecule has 1 aromatic carbocycles. The third-order valence-corrected chi connectivity index (χ3v) is 8.84. The lowest BCUT2D eigenvalue weighted by Gasteiger charge is -2.46. The number of rotatable bonds is 4. The molecule has 9 nitrogen and oxygen atoms in total. The molecule has 0 aliphatic carbocycles. The first-order chi connectivity index (χ1) is 19.0. The Kier molecular flexibility index (Phi) is 8.06. The molecule has 3 aliphatic rings. The normalized spacial score (nSPS) is 22.4. The van der Waals surface area contributed by atoms with E-state index in [0.29, 0.717) is 29.2 Å². The van der Waals surface area contributed by atoms with E-state index in [9.17, 15) is 9.90 Å². The van der Waals surface area contributed by atoms with Crippen molar-refractivity contribution in [1.82, 2.24) is 19.7 Å². The zero-order chi connectivity index (χ0) is 28.6. The topological polar surface area (TPSA) is 124 Å². The van der Waals surface area contributed by atoms with Crippen LogP contribution < -0.4 is 11.5 Å². The Labute approximate surface area is 238 Å². The number of aromatic nitrogens is 1. The first-order valence-corrected chi connectivity index (χ1v) is 14.7. The number of aromatic hydroxyl groups is 1. The summed E-state index contributed by atoms with van der Waals surface area (Å²) >= 11 is 0. The number of piperidine rings is 2. The lowest BCUT2D eigenvalue weighted by Crippen LogP contribution is -2.53. The third-order valence-electron chi connectivity index (χ3n) is 8.84. The van der Waals surface area contributed by atoms with Gasteiger partial charge in [-0.1, -0.05) is 12.1 Å². The smallest absolute Gasteiger partial charge is 0.410 e. The molecule has 2 aromatic rings. The Morgan fingerprint density at radius 2 is 1.70 bits per heavy atom. The monoisotopic (exact) mass is 550 g/mol. The van der Waals surface area contributed by atoms with Crippen LogP contribution >= 0.6 is 0 Å². The molecule has 9 heteroatoms. The Bertz CT molecular complexity index is 1230. The van der Waals surface area contributed by atoms with Gasteiger partial charge in [0, 0.05) is 66.7 Å². The van der Waals surface area contributed by atoms with Crippen LogP contribution in [0.1, 0.15) is 81.8 Å². The highest BCUT2D eigenvalue weighted by molar-refractivity contribution is 5.86. The fourth-order valence-corrected chi connectivity index (χ4v) is 6.81. The van der Waals surface area contributed by atoms with E-state index in [0.717, 1.165) is 70.4 Å². The Morgan fingerprint density at radius 1 is 1.05 bits per heavy atom. The molecule has 1 aromatic heterocycles. The number of amides is 1. The molecule has 0 bridgehead atoms. The third kappa shape index (κ3) is 5.95. The van der Waals surface area contributed by atoms with Crippen molar-refractivity contribution in [2.75, 3.05) is 38.5 Å². The summed E-state index contributed by atoms with van der Waals surface area (Å²) in [5, 5.41) is 10.3. The summed E-state index contributed by atoms with van der Waals surface area (Å²) in [6.07, 6.45) is 6.93. The van der Waals surface area contributed by atoms with Crippen molar-refractivity contribution in [3.05, 3.63) is 46.6 Å². The van der Waals surface area contributed by atoms with E-state index in [2.05, 4.69) is 21.7 Å². The van der Waals surface area contributed by atoms with Crippen molar-refractivity contribution >= 4 is 23.7 Å². The number of carbonyl (C=O) groups is 1. The minimum Gasteiger partial charge on any atom is -0.507 e. The van der Waals surface area contributed by atoms with E-state index < -0.39 is 5.60 Å². The number of ether oxygens (including phenoxy) is 1. The predicted molar refractivity (Wildman–Crippen MR) is 160 cm³/mol. The molecule has 2 saturated heterocycles. The van der Waals surface area contributed by atoms with Gasteiger partial charge in [-0.25, -0.2) is 4.79 Å². The number of likely N-dealkylation sites (tertiary alicyclic amines) is 2. The minimum atomic E-state index is -0.456. The number of anilines is 1. The van der Waals surface area contributed by atoms with Crippen molar-refractivity contribution in [3.63, 3.8) is 0 Å². The number of nitrogen functional groups attached to an aromatic ring is 1. The summed E-state index contributed by atoms with van der Waals surface area (Å²) in [5.41, 5.74) is 16.9. The summed E-state index contributed by atoms with van der Waals surface area (Å²) in [5.74, 6) is 0.792. The van der Waals surface area contributed by atoms with Crippen LogP contribution in [0.4, 0.5) is 10.6 Å². The zero-order valence-corrected chi connectivity index (χ0v) is 24.4. The van der Waals surface area contributed by atoms with Crippen molar-refractivity contribution in [1.29, 1.82) is 0 Å². The van der Waals surface area contributed by atoms with E-state index in [1.165, 1.54) is 11.3 Å². The number of aromatic amines is 1. The summed E-state index contributed by atoms with van der Waals surface area (Å²) in [7, 11) is 0. The average Bonchev–Trinajstić information content (AvgIpc) is 3.23. The number of H-pyrrole nitrogens is 1. The lowest BCUT2D eigenvalue weighted by atomic mass is 9.90. The SMILES string of the molecule is CC1c2c([nH]c(N)c2/C=C(\N)c2ccccc2O)CCN1C1CCN(C2CCN(C(=O)OC(C)(C)C)CC2)CC1. The largest absolute Gasteiger partial charge is 0.507 e. The van der Waals surface area contributed by atoms with Crippen LogP contribution in [0, 0.1) is 0 Å². The molecule has 4 heterocycles. The first-order valence-electron chi connectivity index (χ1n) is 14.7. The van der Waals surface area contributed by atoms with E-state index in [1.807, 2.05) is 43.9 Å². The van der Waals surface area contributed by atoms with Crippen LogP contribution in [0.25, 0.3) is 11.8 Å². The van der Waals surface area contributed by atoms with Gasteiger partial charge in [0.05, 0.1) is 0 Å². The molecule has 0 saturated carbocycles. The van der Waals surface area contributed by atoms with Crippen LogP contribution in [0.15, 0.2) is 24.3 Å².